The fraction of sp³-hybridized carbons (Fsp3) is 1.00. The van der Waals surface area contributed by atoms with Crippen molar-refractivity contribution in [2.45, 2.75) is 46.2 Å². The van der Waals surface area contributed by atoms with Gasteiger partial charge in [0.05, 0.1) is 6.17 Å². The Morgan fingerprint density at radius 1 is 1.00 bits per heavy atom. The normalized spacial score (nSPS) is 10.9. The van der Waals surface area contributed by atoms with Crippen LogP contribution >= 0.6 is 0 Å². The van der Waals surface area contributed by atoms with Crippen LogP contribution in [0.5, 0.6) is 0 Å². The number of unbranched alkanes of at least 4 members (excludes halogenated alkanes) is 1. The fourth-order valence-corrected chi connectivity index (χ4v) is 1.18. The molecule has 0 atom stereocenters. The third-order valence-electron chi connectivity index (χ3n) is 1.75. The second kappa shape index (κ2) is 8.02. The Bertz CT molecular complexity index is 68.0. The van der Waals surface area contributed by atoms with Gasteiger partial charge in [0.2, 0.25) is 0 Å². The maximum Gasteiger partial charge on any atom is 0.0571 e. The third-order valence-corrected chi connectivity index (χ3v) is 1.75. The van der Waals surface area contributed by atoms with Gasteiger partial charge in [0.25, 0.3) is 0 Å². The highest BCUT2D eigenvalue weighted by Gasteiger charge is 2.02. The summed E-state index contributed by atoms with van der Waals surface area (Å²) in [7, 11) is 0. The molecule has 0 aromatic rings. The molecular weight excluding hydrogens is 136 g/mol. The van der Waals surface area contributed by atoms with Gasteiger partial charge in [0, 0.05) is 0 Å². The van der Waals surface area contributed by atoms with Crippen molar-refractivity contribution in [2.24, 2.45) is 0 Å². The highest BCUT2D eigenvalue weighted by atomic mass is 15.1. The molecular formula is C9H22N2. The Morgan fingerprint density at radius 3 is 1.91 bits per heavy atom. The average Bonchev–Trinajstić information content (AvgIpc) is 2.01. The van der Waals surface area contributed by atoms with E-state index in [1.807, 2.05) is 0 Å². The van der Waals surface area contributed by atoms with Gasteiger partial charge in [0.1, 0.15) is 0 Å². The van der Waals surface area contributed by atoms with E-state index in [1.54, 1.807) is 0 Å². The van der Waals surface area contributed by atoms with Crippen molar-refractivity contribution < 1.29 is 0 Å². The first-order chi connectivity index (χ1) is 5.35. The molecule has 0 aromatic carbocycles. The summed E-state index contributed by atoms with van der Waals surface area (Å²) in [5.74, 6) is 0. The summed E-state index contributed by atoms with van der Waals surface area (Å²) in [5.41, 5.74) is 0. The topological polar surface area (TPSA) is 24.1 Å². The molecule has 0 fully saturated rings. The lowest BCUT2D eigenvalue weighted by atomic mass is 10.2. The average molecular weight is 158 g/mol. The van der Waals surface area contributed by atoms with Crippen LogP contribution in [0.25, 0.3) is 0 Å². The van der Waals surface area contributed by atoms with Crippen molar-refractivity contribution in [3.8, 4) is 0 Å². The molecule has 0 heterocycles. The molecule has 0 radical (unpaired) electrons. The summed E-state index contributed by atoms with van der Waals surface area (Å²) in [6.07, 6.45) is 4.38. The van der Waals surface area contributed by atoms with Gasteiger partial charge in [-0.2, -0.15) is 0 Å². The van der Waals surface area contributed by atoms with Crippen molar-refractivity contribution in [3.63, 3.8) is 0 Å². The lowest BCUT2D eigenvalue weighted by Crippen LogP contribution is -2.41. The minimum atomic E-state index is 0.532. The monoisotopic (exact) mass is 158 g/mol. The van der Waals surface area contributed by atoms with E-state index in [-0.39, 0.29) is 0 Å². The van der Waals surface area contributed by atoms with Crippen molar-refractivity contribution in [1.82, 2.24) is 10.6 Å². The minimum absolute atomic E-state index is 0.532. The molecule has 0 aliphatic carbocycles. The Kier molecular flexibility index (Phi) is 7.96. The minimum Gasteiger partial charge on any atom is -0.302 e. The fourth-order valence-electron chi connectivity index (χ4n) is 1.18. The Balaban J connectivity index is 3.34. The Hall–Kier alpha value is -0.0800. The zero-order valence-electron chi connectivity index (χ0n) is 8.11. The van der Waals surface area contributed by atoms with Gasteiger partial charge < -0.3 is 10.6 Å². The molecule has 0 saturated carbocycles. The van der Waals surface area contributed by atoms with Crippen LogP contribution in [-0.4, -0.2) is 19.3 Å². The summed E-state index contributed by atoms with van der Waals surface area (Å²) in [6.45, 7) is 8.64. The second-order valence-electron chi connectivity index (χ2n) is 2.81. The molecule has 2 heteroatoms. The molecule has 68 valence electrons. The maximum absolute atomic E-state index is 3.41. The van der Waals surface area contributed by atoms with Crippen LogP contribution in [0.1, 0.15) is 40.0 Å². The number of nitrogens with one attached hydrogen (secondary N) is 2. The third kappa shape index (κ3) is 6.32. The molecule has 0 rings (SSSR count). The van der Waals surface area contributed by atoms with Gasteiger partial charge in [-0.3, -0.25) is 0 Å². The lowest BCUT2D eigenvalue weighted by molar-refractivity contribution is 0.407. The quantitative estimate of drug-likeness (QED) is 0.551. The van der Waals surface area contributed by atoms with Crippen LogP contribution < -0.4 is 10.6 Å². The van der Waals surface area contributed by atoms with Crippen LogP contribution in [0.2, 0.25) is 0 Å². The predicted octanol–water partition coefficient (Wildman–Crippen LogP) is 1.72. The molecule has 2 nitrogen and oxygen atoms in total. The van der Waals surface area contributed by atoms with Crippen molar-refractivity contribution in [2.75, 3.05) is 13.1 Å². The van der Waals surface area contributed by atoms with Crippen LogP contribution in [0.3, 0.4) is 0 Å². The van der Waals surface area contributed by atoms with E-state index < -0.39 is 0 Å². The maximum atomic E-state index is 3.41. The van der Waals surface area contributed by atoms with E-state index in [0.717, 1.165) is 13.1 Å². The molecule has 0 spiro atoms. The van der Waals surface area contributed by atoms with E-state index >= 15 is 0 Å². The first-order valence-corrected chi connectivity index (χ1v) is 4.81. The van der Waals surface area contributed by atoms with Crippen molar-refractivity contribution in [1.29, 1.82) is 0 Å². The summed E-state index contributed by atoms with van der Waals surface area (Å²) in [4.78, 5) is 0. The van der Waals surface area contributed by atoms with Crippen molar-refractivity contribution >= 4 is 0 Å². The second-order valence-corrected chi connectivity index (χ2v) is 2.81. The molecule has 0 unspecified atom stereocenters. The van der Waals surface area contributed by atoms with Gasteiger partial charge in [0.15, 0.2) is 0 Å². The molecule has 0 saturated heterocycles. The van der Waals surface area contributed by atoms with E-state index in [0.29, 0.717) is 6.17 Å². The number of hydrogen-bond donors (Lipinski definition) is 2. The largest absolute Gasteiger partial charge is 0.302 e. The zero-order valence-corrected chi connectivity index (χ0v) is 8.11. The SMILES string of the molecule is CCCCC(NCC)NCC. The van der Waals surface area contributed by atoms with Gasteiger partial charge in [-0.15, -0.1) is 0 Å². The molecule has 0 amide bonds. The summed E-state index contributed by atoms with van der Waals surface area (Å²) in [6, 6.07) is 0. The Labute approximate surface area is 70.8 Å². The summed E-state index contributed by atoms with van der Waals surface area (Å²) in [5, 5.41) is 6.81. The molecule has 2 N–H and O–H groups in total. The van der Waals surface area contributed by atoms with E-state index in [1.165, 1.54) is 19.3 Å². The highest BCUT2D eigenvalue weighted by Crippen LogP contribution is 1.97. The molecule has 0 aliphatic heterocycles. The molecule has 0 bridgehead atoms. The lowest BCUT2D eigenvalue weighted by Gasteiger charge is -2.17. The standard InChI is InChI=1S/C9H22N2/c1-4-7-8-9(10-5-2)11-6-3/h9-11H,4-8H2,1-3H3. The molecule has 11 heavy (non-hydrogen) atoms. The van der Waals surface area contributed by atoms with Gasteiger partial charge in [-0.1, -0.05) is 33.6 Å². The smallest absolute Gasteiger partial charge is 0.0571 e. The van der Waals surface area contributed by atoms with Crippen LogP contribution in [-0.2, 0) is 0 Å². The zero-order chi connectivity index (χ0) is 8.53. The van der Waals surface area contributed by atoms with Gasteiger partial charge >= 0.3 is 0 Å². The van der Waals surface area contributed by atoms with Crippen LogP contribution in [0.4, 0.5) is 0 Å². The predicted molar refractivity (Wildman–Crippen MR) is 50.7 cm³/mol. The Morgan fingerprint density at radius 2 is 1.55 bits per heavy atom. The van der Waals surface area contributed by atoms with Gasteiger partial charge in [-0.05, 0) is 19.5 Å². The number of hydrogen-bond acceptors (Lipinski definition) is 2. The van der Waals surface area contributed by atoms with Crippen LogP contribution in [0.15, 0.2) is 0 Å². The van der Waals surface area contributed by atoms with Crippen LogP contribution in [0, 0.1) is 0 Å². The molecule has 0 aliphatic rings. The van der Waals surface area contributed by atoms with E-state index in [4.69, 9.17) is 0 Å². The highest BCUT2D eigenvalue weighted by molar-refractivity contribution is 4.61. The first kappa shape index (κ1) is 10.9. The summed E-state index contributed by atoms with van der Waals surface area (Å²) >= 11 is 0. The van der Waals surface area contributed by atoms with E-state index in [2.05, 4.69) is 31.4 Å². The summed E-state index contributed by atoms with van der Waals surface area (Å²) < 4.78 is 0. The first-order valence-electron chi connectivity index (χ1n) is 4.81. The molecule has 0 aromatic heterocycles. The number of rotatable bonds is 7. The van der Waals surface area contributed by atoms with Gasteiger partial charge in [-0.25, -0.2) is 0 Å². The van der Waals surface area contributed by atoms with E-state index in [9.17, 15) is 0 Å². The van der Waals surface area contributed by atoms with Crippen molar-refractivity contribution in [3.05, 3.63) is 0 Å².